The number of aliphatic hydroxyl groups excluding tert-OH is 3. The van der Waals surface area contributed by atoms with Crippen LogP contribution >= 0.6 is 0 Å². The van der Waals surface area contributed by atoms with Crippen molar-refractivity contribution in [2.75, 3.05) is 7.11 Å². The van der Waals surface area contributed by atoms with Gasteiger partial charge in [-0.3, -0.25) is 9.59 Å². The van der Waals surface area contributed by atoms with Gasteiger partial charge in [0.05, 0.1) is 47.9 Å². The molecule has 0 radical (unpaired) electrons. The molecule has 0 spiro atoms. The fraction of sp³-hybridized carbons (Fsp3) is 0.892. The van der Waals surface area contributed by atoms with Crippen LogP contribution in [0.4, 0.5) is 0 Å². The van der Waals surface area contributed by atoms with Crippen LogP contribution in [0.25, 0.3) is 0 Å². The lowest BCUT2D eigenvalue weighted by Gasteiger charge is -2.48. The molecule has 5 N–H and O–H groups in total. The highest BCUT2D eigenvalue weighted by molar-refractivity contribution is 5.73. The molecule has 4 rings (SSSR count). The van der Waals surface area contributed by atoms with Gasteiger partial charge < -0.3 is 58.9 Å². The van der Waals surface area contributed by atoms with Crippen molar-refractivity contribution in [2.24, 2.45) is 17.8 Å². The summed E-state index contributed by atoms with van der Waals surface area (Å²) in [5.74, 6) is -2.80. The summed E-state index contributed by atoms with van der Waals surface area (Å²) in [4.78, 5) is 26.3. The molecule has 0 aliphatic carbocycles. The summed E-state index contributed by atoms with van der Waals surface area (Å²) >= 11 is 0. The number of fused-ring (bicyclic) bond motifs is 2. The first kappa shape index (κ1) is 41.9. The molecule has 3 saturated heterocycles. The van der Waals surface area contributed by atoms with Crippen molar-refractivity contribution in [1.29, 1.82) is 0 Å². The lowest BCUT2D eigenvalue weighted by atomic mass is 9.78. The molecule has 2 bridgehead atoms. The first-order valence-electron chi connectivity index (χ1n) is 18.4. The molecule has 4 heterocycles. The Morgan fingerprint density at radius 3 is 2.33 bits per heavy atom. The van der Waals surface area contributed by atoms with Crippen molar-refractivity contribution in [3.05, 3.63) is 11.3 Å². The Morgan fingerprint density at radius 1 is 1.10 bits per heavy atom. The summed E-state index contributed by atoms with van der Waals surface area (Å²) in [6, 6.07) is -0.633. The van der Waals surface area contributed by atoms with Gasteiger partial charge in [-0.25, -0.2) is 0 Å². The topological polar surface area (TPSA) is 192 Å². The van der Waals surface area contributed by atoms with Crippen molar-refractivity contribution in [1.82, 2.24) is 5.32 Å². The number of nitrogens with one attached hydrogen (secondary N) is 1. The van der Waals surface area contributed by atoms with Gasteiger partial charge in [-0.05, 0) is 66.9 Å². The minimum Gasteiger partial charge on any atom is -0.488 e. The molecule has 4 aliphatic rings. The Labute approximate surface area is 302 Å². The first-order chi connectivity index (χ1) is 23.6. The number of ether oxygens (including phenoxy) is 7. The molecule has 294 valence electrons. The molecule has 1 amide bonds. The molecular weight excluding hydrogens is 666 g/mol. The van der Waals surface area contributed by atoms with Gasteiger partial charge in [0.2, 0.25) is 5.91 Å². The Morgan fingerprint density at radius 2 is 1.75 bits per heavy atom. The van der Waals surface area contributed by atoms with Gasteiger partial charge in [0.1, 0.15) is 41.4 Å². The van der Waals surface area contributed by atoms with Crippen LogP contribution in [-0.4, -0.2) is 124 Å². The summed E-state index contributed by atoms with van der Waals surface area (Å²) in [5.41, 5.74) is -3.13. The zero-order valence-corrected chi connectivity index (χ0v) is 32.4. The summed E-state index contributed by atoms with van der Waals surface area (Å²) in [6.45, 7) is 19.0. The van der Waals surface area contributed by atoms with Gasteiger partial charge in [-0.15, -0.1) is 0 Å². The molecule has 5 unspecified atom stereocenters. The zero-order valence-electron chi connectivity index (χ0n) is 32.4. The number of esters is 1. The van der Waals surface area contributed by atoms with E-state index in [4.69, 9.17) is 33.2 Å². The molecular formula is C37H63NO13. The number of carbonyl (C=O) groups excluding carboxylic acids is 2. The summed E-state index contributed by atoms with van der Waals surface area (Å²) in [7, 11) is 1.51. The number of cyclic esters (lactones) is 1. The van der Waals surface area contributed by atoms with Crippen molar-refractivity contribution in [2.45, 2.75) is 186 Å². The molecule has 3 fully saturated rings. The second kappa shape index (κ2) is 15.8. The van der Waals surface area contributed by atoms with E-state index in [1.54, 1.807) is 34.6 Å². The Hall–Kier alpha value is -1.88. The van der Waals surface area contributed by atoms with Crippen LogP contribution in [0.5, 0.6) is 0 Å². The molecule has 4 aliphatic heterocycles. The predicted octanol–water partition coefficient (Wildman–Crippen LogP) is 2.47. The molecule has 14 heteroatoms. The Bertz CT molecular complexity index is 1280. The second-order valence-corrected chi connectivity index (χ2v) is 16.1. The summed E-state index contributed by atoms with van der Waals surface area (Å²) < 4.78 is 44.5. The van der Waals surface area contributed by atoms with Crippen molar-refractivity contribution >= 4 is 11.9 Å². The molecule has 0 aromatic heterocycles. The van der Waals surface area contributed by atoms with Crippen LogP contribution in [-0.2, 0) is 42.7 Å². The maximum atomic E-state index is 14.3. The Kier molecular flexibility index (Phi) is 13.0. The standard InChI is InChI=1S/C37H63NO13/c1-13-25(40)37(11,44)32-19(4)28-17(2)15-36(10,51-28)31(50-34-27(41)24(38-23(8)39)14-18(3)46-34)20(5)29(21(6)33(43)49-32)48-26-16-35(9,45-12)30(42)22(7)47-26/h18-22,24-27,29-32,34,40-42,44H,13-16H2,1-12H3,(H,38,39)/t18?,19-,20-,21+,22?,24?,25+,26-,27?,29-,30-,31+,32+,34-,35?,36+,37+/m0/s1. The predicted molar refractivity (Wildman–Crippen MR) is 184 cm³/mol. The molecule has 14 nitrogen and oxygen atoms in total. The maximum absolute atomic E-state index is 14.3. The van der Waals surface area contributed by atoms with E-state index in [1.807, 2.05) is 27.7 Å². The van der Waals surface area contributed by atoms with Crippen LogP contribution in [0.15, 0.2) is 11.3 Å². The van der Waals surface area contributed by atoms with Crippen LogP contribution in [0.1, 0.15) is 102 Å². The highest BCUT2D eigenvalue weighted by atomic mass is 16.7. The van der Waals surface area contributed by atoms with Crippen LogP contribution < -0.4 is 5.32 Å². The quantitative estimate of drug-likeness (QED) is 0.218. The normalized spacial score (nSPS) is 45.6. The number of amides is 1. The molecule has 0 aromatic carbocycles. The third kappa shape index (κ3) is 8.44. The zero-order chi connectivity index (χ0) is 38.4. The van der Waals surface area contributed by atoms with E-state index in [1.165, 1.54) is 21.0 Å². The number of carbonyl (C=O) groups is 2. The third-order valence-electron chi connectivity index (χ3n) is 11.7. The summed E-state index contributed by atoms with van der Waals surface area (Å²) in [6.07, 6.45) is -8.49. The number of rotatable bonds is 9. The van der Waals surface area contributed by atoms with E-state index in [0.717, 1.165) is 5.57 Å². The van der Waals surface area contributed by atoms with Gasteiger partial charge in [-0.1, -0.05) is 20.8 Å². The van der Waals surface area contributed by atoms with E-state index in [9.17, 15) is 30.0 Å². The number of methoxy groups -OCH3 is 1. The first-order valence-corrected chi connectivity index (χ1v) is 18.4. The lowest BCUT2D eigenvalue weighted by molar-refractivity contribution is -0.314. The monoisotopic (exact) mass is 729 g/mol. The fourth-order valence-electron chi connectivity index (χ4n) is 8.64. The van der Waals surface area contributed by atoms with Crippen LogP contribution in [0.3, 0.4) is 0 Å². The smallest absolute Gasteiger partial charge is 0.311 e. The van der Waals surface area contributed by atoms with E-state index < -0.39 is 102 Å². The van der Waals surface area contributed by atoms with Gasteiger partial charge in [0, 0.05) is 32.8 Å². The van der Waals surface area contributed by atoms with Gasteiger partial charge in [-0.2, -0.15) is 0 Å². The van der Waals surface area contributed by atoms with Crippen molar-refractivity contribution in [3.8, 4) is 0 Å². The molecule has 51 heavy (non-hydrogen) atoms. The number of hydrogen-bond donors (Lipinski definition) is 5. The van der Waals surface area contributed by atoms with E-state index in [2.05, 4.69) is 5.32 Å². The molecule has 0 aromatic rings. The maximum Gasteiger partial charge on any atom is 0.311 e. The lowest BCUT2D eigenvalue weighted by Crippen LogP contribution is -2.60. The highest BCUT2D eigenvalue weighted by Crippen LogP contribution is 2.48. The van der Waals surface area contributed by atoms with Crippen LogP contribution in [0, 0.1) is 17.8 Å². The molecule has 17 atom stereocenters. The van der Waals surface area contributed by atoms with Gasteiger partial charge >= 0.3 is 5.97 Å². The molecule has 0 saturated carbocycles. The van der Waals surface area contributed by atoms with Gasteiger partial charge in [0.15, 0.2) is 12.6 Å². The third-order valence-corrected chi connectivity index (χ3v) is 11.7. The van der Waals surface area contributed by atoms with Crippen molar-refractivity contribution < 1.29 is 63.2 Å². The van der Waals surface area contributed by atoms with E-state index in [0.29, 0.717) is 18.6 Å². The minimum atomic E-state index is -1.85. The summed E-state index contributed by atoms with van der Waals surface area (Å²) in [5, 5.41) is 47.9. The average Bonchev–Trinajstić information content (AvgIpc) is 3.37. The SMILES string of the molecule is CC[C@@H](O)[C@@](C)(O)[C@@H]1OC(=O)[C@H](C)[C@@H](O[C@H]2CC(C)(OC)[C@@H](O)C(C)O2)[C@H](C)[C@@H](O[C@@H]2OC(C)CC(NC(C)=O)C2O)[C@@]2(C)CC(C)=C(O2)[C@@H]1C. The van der Waals surface area contributed by atoms with Crippen molar-refractivity contribution in [3.63, 3.8) is 0 Å². The van der Waals surface area contributed by atoms with E-state index in [-0.39, 0.29) is 24.9 Å². The largest absolute Gasteiger partial charge is 0.488 e. The minimum absolute atomic E-state index is 0.140. The Balaban J connectivity index is 1.83. The fourth-order valence-corrected chi connectivity index (χ4v) is 8.64. The highest BCUT2D eigenvalue weighted by Gasteiger charge is 2.57. The number of aliphatic hydroxyl groups is 4. The average molecular weight is 730 g/mol. The number of hydrogen-bond acceptors (Lipinski definition) is 13. The van der Waals surface area contributed by atoms with Gasteiger partial charge in [0.25, 0.3) is 0 Å². The van der Waals surface area contributed by atoms with Crippen LogP contribution in [0.2, 0.25) is 0 Å². The second-order valence-electron chi connectivity index (χ2n) is 16.1. The van der Waals surface area contributed by atoms with E-state index >= 15 is 0 Å².